The van der Waals surface area contributed by atoms with Gasteiger partial charge in [-0.15, -0.1) is 11.3 Å². The minimum atomic E-state index is -3.92. The highest BCUT2D eigenvalue weighted by Gasteiger charge is 2.47. The van der Waals surface area contributed by atoms with Crippen LogP contribution in [0.4, 0.5) is 0 Å². The fraction of sp³-hybridized carbons (Fsp3) is 0.600. The van der Waals surface area contributed by atoms with Crippen LogP contribution in [0.5, 0.6) is 0 Å². The third kappa shape index (κ3) is 2.02. The highest BCUT2D eigenvalue weighted by molar-refractivity contribution is 7.95. The van der Waals surface area contributed by atoms with Gasteiger partial charge in [0.15, 0.2) is 9.84 Å². The van der Waals surface area contributed by atoms with E-state index in [1.807, 2.05) is 0 Å². The summed E-state index contributed by atoms with van der Waals surface area (Å²) >= 11 is 0.712. The van der Waals surface area contributed by atoms with Crippen LogP contribution in [0.2, 0.25) is 0 Å². The highest BCUT2D eigenvalue weighted by Crippen LogP contribution is 2.44. The van der Waals surface area contributed by atoms with E-state index >= 15 is 0 Å². The number of primary sulfonamides is 1. The topological polar surface area (TPSA) is 116 Å². The number of hydrogen-bond donors (Lipinski definition) is 2. The molecule has 0 spiro atoms. The minimum absolute atomic E-state index is 0.0771. The number of thiophene rings is 1. The smallest absolute Gasteiger partial charge is 0.247 e. The minimum Gasteiger partial charge on any atom is -0.374 e. The van der Waals surface area contributed by atoms with Crippen molar-refractivity contribution in [2.75, 3.05) is 13.2 Å². The third-order valence-electron chi connectivity index (χ3n) is 3.63. The van der Waals surface area contributed by atoms with Crippen molar-refractivity contribution in [2.24, 2.45) is 5.14 Å². The van der Waals surface area contributed by atoms with Gasteiger partial charge in [0.2, 0.25) is 10.0 Å². The van der Waals surface area contributed by atoms with Gasteiger partial charge < -0.3 is 10.1 Å². The predicted octanol–water partition coefficient (Wildman–Crippen LogP) is -0.399. The molecule has 1 aromatic rings. The maximum absolute atomic E-state index is 12.5. The van der Waals surface area contributed by atoms with Gasteiger partial charge in [-0.1, -0.05) is 0 Å². The van der Waals surface area contributed by atoms with Crippen LogP contribution in [0.25, 0.3) is 0 Å². The monoisotopic (exact) mass is 338 g/mol. The summed E-state index contributed by atoms with van der Waals surface area (Å²) in [6.07, 6.45) is -0.510. The van der Waals surface area contributed by atoms with Gasteiger partial charge >= 0.3 is 0 Å². The second kappa shape index (κ2) is 4.49. The molecule has 0 saturated carbocycles. The Bertz CT molecular complexity index is 752. The molecule has 0 aliphatic carbocycles. The maximum atomic E-state index is 12.5. The number of rotatable bonds is 1. The molecule has 0 amide bonds. The first-order valence-electron chi connectivity index (χ1n) is 5.98. The lowest BCUT2D eigenvalue weighted by Crippen LogP contribution is -2.52. The summed E-state index contributed by atoms with van der Waals surface area (Å²) in [5.74, 6) is 0. The van der Waals surface area contributed by atoms with Crippen molar-refractivity contribution in [1.82, 2.24) is 5.32 Å². The Morgan fingerprint density at radius 1 is 1.50 bits per heavy atom. The molecule has 1 aromatic heterocycles. The molecule has 7 nitrogen and oxygen atoms in total. The van der Waals surface area contributed by atoms with E-state index in [1.165, 1.54) is 6.07 Å². The van der Waals surface area contributed by atoms with E-state index in [1.54, 1.807) is 6.92 Å². The molecule has 0 bridgehead atoms. The van der Waals surface area contributed by atoms with E-state index in [4.69, 9.17) is 9.88 Å². The van der Waals surface area contributed by atoms with Gasteiger partial charge in [-0.25, -0.2) is 22.0 Å². The van der Waals surface area contributed by atoms with Gasteiger partial charge in [0, 0.05) is 12.1 Å². The molecule has 1 fully saturated rings. The first-order valence-corrected chi connectivity index (χ1v) is 9.89. The highest BCUT2D eigenvalue weighted by atomic mass is 32.3. The molecule has 2 aliphatic rings. The number of sulfone groups is 1. The second-order valence-corrected chi connectivity index (χ2v) is 10.2. The Hall–Kier alpha value is -0.520. The Kier molecular flexibility index (Phi) is 3.23. The standard InChI is InChI=1S/C10H14N2O5S3/c1-5-9-8(12-2-3-17-9)6-4-7(20(11,15)16)18-10(6)19(5,13)14/h4-5,8-9,12H,2-3H2,1H3,(H2,11,15,16)/t5-,8-,9-/m0/s1. The first-order chi connectivity index (χ1) is 9.23. The van der Waals surface area contributed by atoms with E-state index in [9.17, 15) is 16.8 Å². The number of nitrogens with one attached hydrogen (secondary N) is 1. The maximum Gasteiger partial charge on any atom is 0.247 e. The molecular formula is C10H14N2O5S3. The molecular weight excluding hydrogens is 324 g/mol. The summed E-state index contributed by atoms with van der Waals surface area (Å²) in [4.78, 5) is 0. The van der Waals surface area contributed by atoms with Crippen molar-refractivity contribution in [2.45, 2.75) is 32.7 Å². The summed E-state index contributed by atoms with van der Waals surface area (Å²) in [5, 5.41) is 7.57. The zero-order chi connectivity index (χ0) is 14.7. The van der Waals surface area contributed by atoms with Crippen LogP contribution in [0.3, 0.4) is 0 Å². The largest absolute Gasteiger partial charge is 0.374 e. The number of morpholine rings is 1. The lowest BCUT2D eigenvalue weighted by Gasteiger charge is -2.39. The lowest BCUT2D eigenvalue weighted by atomic mass is 10.0. The fourth-order valence-corrected chi connectivity index (χ4v) is 7.07. The van der Waals surface area contributed by atoms with E-state index in [0.29, 0.717) is 30.1 Å². The SMILES string of the molecule is C[C@H]1[C@@H]2OCCN[C@H]2c2cc(S(N)(=O)=O)sc2S1(=O)=O. The van der Waals surface area contributed by atoms with Crippen molar-refractivity contribution < 1.29 is 21.6 Å². The molecule has 112 valence electrons. The number of nitrogens with two attached hydrogens (primary N) is 1. The fourth-order valence-electron chi connectivity index (χ4n) is 2.61. The van der Waals surface area contributed by atoms with Crippen LogP contribution in [-0.4, -0.2) is 41.3 Å². The Labute approximate surface area is 121 Å². The summed E-state index contributed by atoms with van der Waals surface area (Å²) in [7, 11) is -7.51. The van der Waals surface area contributed by atoms with Gasteiger partial charge in [-0.3, -0.25) is 0 Å². The molecule has 1 saturated heterocycles. The van der Waals surface area contributed by atoms with Crippen molar-refractivity contribution >= 4 is 31.2 Å². The predicted molar refractivity (Wildman–Crippen MR) is 72.8 cm³/mol. The van der Waals surface area contributed by atoms with Gasteiger partial charge in [0.25, 0.3) is 0 Å². The average molecular weight is 338 g/mol. The van der Waals surface area contributed by atoms with Gasteiger partial charge in [0.1, 0.15) is 8.42 Å². The summed E-state index contributed by atoms with van der Waals surface area (Å²) in [5.41, 5.74) is 0.446. The number of sulfonamides is 1. The Balaban J connectivity index is 2.24. The molecule has 0 aromatic carbocycles. The van der Waals surface area contributed by atoms with Gasteiger partial charge in [-0.2, -0.15) is 0 Å². The van der Waals surface area contributed by atoms with E-state index in [2.05, 4.69) is 5.32 Å². The summed E-state index contributed by atoms with van der Waals surface area (Å²) in [6, 6.07) is 1.03. The normalized spacial score (nSPS) is 32.4. The van der Waals surface area contributed by atoms with Gasteiger partial charge in [-0.05, 0) is 13.0 Å². The zero-order valence-electron chi connectivity index (χ0n) is 10.6. The van der Waals surface area contributed by atoms with Crippen LogP contribution >= 0.6 is 11.3 Å². The van der Waals surface area contributed by atoms with E-state index < -0.39 is 31.2 Å². The number of ether oxygens (including phenoxy) is 1. The average Bonchev–Trinajstić information content (AvgIpc) is 2.82. The molecule has 20 heavy (non-hydrogen) atoms. The van der Waals surface area contributed by atoms with Crippen molar-refractivity contribution in [3.05, 3.63) is 11.6 Å². The summed E-state index contributed by atoms with van der Waals surface area (Å²) in [6.45, 7) is 2.61. The number of hydrogen-bond acceptors (Lipinski definition) is 7. The molecule has 2 aliphatic heterocycles. The first kappa shape index (κ1) is 14.4. The second-order valence-electron chi connectivity index (χ2n) is 4.87. The van der Waals surface area contributed by atoms with Crippen LogP contribution in [0.15, 0.2) is 14.5 Å². The summed E-state index contributed by atoms with van der Waals surface area (Å²) < 4.78 is 53.3. The molecule has 10 heteroatoms. The third-order valence-corrected chi connectivity index (χ3v) is 8.95. The molecule has 0 unspecified atom stereocenters. The van der Waals surface area contributed by atoms with Gasteiger partial charge in [0.05, 0.1) is 24.0 Å². The Morgan fingerprint density at radius 3 is 2.85 bits per heavy atom. The quantitative estimate of drug-likeness (QED) is 0.720. The van der Waals surface area contributed by atoms with Crippen molar-refractivity contribution in [3.8, 4) is 0 Å². The molecule has 0 radical (unpaired) electrons. The lowest BCUT2D eigenvalue weighted by molar-refractivity contribution is -0.00696. The van der Waals surface area contributed by atoms with E-state index in [0.717, 1.165) is 0 Å². The Morgan fingerprint density at radius 2 is 2.20 bits per heavy atom. The van der Waals surface area contributed by atoms with Crippen molar-refractivity contribution in [1.29, 1.82) is 0 Å². The number of fused-ring (bicyclic) bond motifs is 3. The van der Waals surface area contributed by atoms with Crippen LogP contribution in [-0.2, 0) is 24.6 Å². The van der Waals surface area contributed by atoms with Crippen LogP contribution < -0.4 is 10.5 Å². The molecule has 3 heterocycles. The molecule has 3 atom stereocenters. The van der Waals surface area contributed by atoms with Crippen molar-refractivity contribution in [3.63, 3.8) is 0 Å². The zero-order valence-corrected chi connectivity index (χ0v) is 13.0. The van der Waals surface area contributed by atoms with Crippen LogP contribution in [0.1, 0.15) is 18.5 Å². The van der Waals surface area contributed by atoms with Crippen LogP contribution in [0, 0.1) is 0 Å². The molecule has 3 rings (SSSR count). The molecule has 3 N–H and O–H groups in total. The van der Waals surface area contributed by atoms with E-state index in [-0.39, 0.29) is 14.5 Å².